The van der Waals surface area contributed by atoms with Crippen LogP contribution in [0.3, 0.4) is 0 Å². The summed E-state index contributed by atoms with van der Waals surface area (Å²) in [6.07, 6.45) is -0.954. The highest BCUT2D eigenvalue weighted by atomic mass is 16.4. The summed E-state index contributed by atoms with van der Waals surface area (Å²) in [6, 6.07) is 0. The predicted octanol–water partition coefficient (Wildman–Crippen LogP) is -1.58. The molecule has 0 heterocycles. The van der Waals surface area contributed by atoms with Crippen molar-refractivity contribution in [2.45, 2.75) is 13.0 Å². The molecule has 0 aromatic rings. The van der Waals surface area contributed by atoms with E-state index in [1.54, 1.807) is 0 Å². The van der Waals surface area contributed by atoms with Gasteiger partial charge in [0, 0.05) is 6.92 Å². The van der Waals surface area contributed by atoms with Crippen LogP contribution < -0.4 is 0 Å². The second kappa shape index (κ2) is 8.35. The Kier molecular flexibility index (Phi) is 10.1. The van der Waals surface area contributed by atoms with E-state index < -0.39 is 12.1 Å². The van der Waals surface area contributed by atoms with Crippen LogP contribution in [0.4, 0.5) is 0 Å². The summed E-state index contributed by atoms with van der Waals surface area (Å²) < 4.78 is 0. The van der Waals surface area contributed by atoms with Crippen LogP contribution in [0.15, 0.2) is 0 Å². The Morgan fingerprint density at radius 1 is 1.40 bits per heavy atom. The van der Waals surface area contributed by atoms with E-state index in [0.717, 1.165) is 6.92 Å². The number of aliphatic hydroxyl groups is 3. The standard InChI is InChI=1S/C3H8O3.C2H4O2/c4-1-3(6)2-5;1-2(3)4/h3-6H,1-2H2;1H3,(H,3,4). The van der Waals surface area contributed by atoms with E-state index in [2.05, 4.69) is 0 Å². The number of aliphatic hydroxyl groups excluding tert-OH is 3. The zero-order valence-corrected chi connectivity index (χ0v) is 5.69. The smallest absolute Gasteiger partial charge is 0.300 e. The second-order valence-corrected chi connectivity index (χ2v) is 1.54. The molecule has 0 rings (SSSR count). The molecule has 0 bridgehead atoms. The highest BCUT2D eigenvalue weighted by molar-refractivity contribution is 5.62. The fourth-order valence-electron chi connectivity index (χ4n) is 0.0577. The van der Waals surface area contributed by atoms with Gasteiger partial charge in [-0.3, -0.25) is 4.79 Å². The van der Waals surface area contributed by atoms with Crippen LogP contribution in [-0.2, 0) is 4.79 Å². The number of carboxylic acid groups (broad SMARTS) is 1. The Morgan fingerprint density at radius 3 is 1.60 bits per heavy atom. The van der Waals surface area contributed by atoms with Gasteiger partial charge in [-0.2, -0.15) is 0 Å². The van der Waals surface area contributed by atoms with Crippen molar-refractivity contribution in [3.63, 3.8) is 0 Å². The number of hydrogen-bond acceptors (Lipinski definition) is 4. The second-order valence-electron chi connectivity index (χ2n) is 1.54. The zero-order valence-electron chi connectivity index (χ0n) is 5.69. The molecule has 0 aromatic carbocycles. The summed E-state index contributed by atoms with van der Waals surface area (Å²) in [4.78, 5) is 9.00. The number of hydrogen-bond donors (Lipinski definition) is 4. The lowest BCUT2D eigenvalue weighted by Crippen LogP contribution is -2.15. The summed E-state index contributed by atoms with van der Waals surface area (Å²) in [6.45, 7) is 0.354. The van der Waals surface area contributed by atoms with Crippen molar-refractivity contribution in [2.24, 2.45) is 0 Å². The van der Waals surface area contributed by atoms with Gasteiger partial charge in [0.25, 0.3) is 5.97 Å². The molecule has 0 atom stereocenters. The Balaban J connectivity index is 0. The monoisotopic (exact) mass is 152 g/mol. The lowest BCUT2D eigenvalue weighted by atomic mass is 10.4. The van der Waals surface area contributed by atoms with Gasteiger partial charge < -0.3 is 20.4 Å². The molecule has 0 aliphatic rings. The maximum atomic E-state index is 9.00. The first-order chi connectivity index (χ1) is 4.54. The highest BCUT2D eigenvalue weighted by Gasteiger charge is 1.93. The number of carbonyl (C=O) groups is 1. The third kappa shape index (κ3) is 26.4. The Labute approximate surface area is 58.5 Å². The molecule has 0 saturated carbocycles. The van der Waals surface area contributed by atoms with Crippen LogP contribution in [0.5, 0.6) is 0 Å². The molecular formula is C5H12O5. The molecule has 0 fully saturated rings. The topological polar surface area (TPSA) is 98.0 Å². The van der Waals surface area contributed by atoms with Gasteiger partial charge in [-0.05, 0) is 0 Å². The molecule has 0 spiro atoms. The maximum Gasteiger partial charge on any atom is 0.300 e. The first-order valence-electron chi connectivity index (χ1n) is 2.63. The minimum absolute atomic E-state index is 0.365. The summed E-state index contributed by atoms with van der Waals surface area (Å²) >= 11 is 0. The van der Waals surface area contributed by atoms with Gasteiger partial charge in [-0.1, -0.05) is 0 Å². The molecule has 10 heavy (non-hydrogen) atoms. The molecule has 62 valence electrons. The summed E-state index contributed by atoms with van der Waals surface area (Å²) in [5.74, 6) is -0.833. The van der Waals surface area contributed by atoms with E-state index in [1.807, 2.05) is 0 Å². The van der Waals surface area contributed by atoms with Crippen molar-refractivity contribution in [1.82, 2.24) is 0 Å². The van der Waals surface area contributed by atoms with Crippen molar-refractivity contribution < 1.29 is 25.2 Å². The first-order valence-corrected chi connectivity index (χ1v) is 2.63. The maximum absolute atomic E-state index is 9.00. The van der Waals surface area contributed by atoms with E-state index in [4.69, 9.17) is 25.2 Å². The minimum atomic E-state index is -0.954. The van der Waals surface area contributed by atoms with Gasteiger partial charge in [0.2, 0.25) is 0 Å². The molecule has 0 radical (unpaired) electrons. The quantitative estimate of drug-likeness (QED) is 0.383. The van der Waals surface area contributed by atoms with Crippen molar-refractivity contribution in [3.8, 4) is 0 Å². The zero-order chi connectivity index (χ0) is 8.57. The molecular weight excluding hydrogens is 140 g/mol. The normalized spacial score (nSPS) is 8.50. The largest absolute Gasteiger partial charge is 0.481 e. The van der Waals surface area contributed by atoms with Crippen molar-refractivity contribution >= 4 is 5.97 Å². The number of aliphatic carboxylic acids is 1. The van der Waals surface area contributed by atoms with Crippen LogP contribution in [0.25, 0.3) is 0 Å². The minimum Gasteiger partial charge on any atom is -0.481 e. The van der Waals surface area contributed by atoms with Gasteiger partial charge in [-0.15, -0.1) is 0 Å². The summed E-state index contributed by atoms with van der Waals surface area (Å²) in [5.41, 5.74) is 0. The van der Waals surface area contributed by atoms with E-state index >= 15 is 0 Å². The van der Waals surface area contributed by atoms with Crippen molar-refractivity contribution in [1.29, 1.82) is 0 Å². The van der Waals surface area contributed by atoms with Crippen LogP contribution in [0.2, 0.25) is 0 Å². The van der Waals surface area contributed by atoms with Gasteiger partial charge in [0.1, 0.15) is 6.10 Å². The lowest BCUT2D eigenvalue weighted by molar-refractivity contribution is -0.134. The van der Waals surface area contributed by atoms with E-state index in [1.165, 1.54) is 0 Å². The van der Waals surface area contributed by atoms with Gasteiger partial charge in [0.05, 0.1) is 13.2 Å². The van der Waals surface area contributed by atoms with Crippen LogP contribution in [-0.4, -0.2) is 45.7 Å². The molecule has 0 aliphatic carbocycles. The number of carboxylic acids is 1. The number of rotatable bonds is 2. The van der Waals surface area contributed by atoms with Crippen LogP contribution in [0, 0.1) is 0 Å². The molecule has 4 N–H and O–H groups in total. The molecule has 5 nitrogen and oxygen atoms in total. The summed E-state index contributed by atoms with van der Waals surface area (Å²) in [5, 5.41) is 31.4. The molecule has 0 amide bonds. The molecule has 5 heteroatoms. The molecule has 0 saturated heterocycles. The molecule has 0 aromatic heterocycles. The fraction of sp³-hybridized carbons (Fsp3) is 0.800. The first kappa shape index (κ1) is 12.1. The molecule has 0 aliphatic heterocycles. The van der Waals surface area contributed by atoms with E-state index in [9.17, 15) is 0 Å². The summed E-state index contributed by atoms with van der Waals surface area (Å²) in [7, 11) is 0. The molecule has 0 unspecified atom stereocenters. The van der Waals surface area contributed by atoms with Gasteiger partial charge in [0.15, 0.2) is 0 Å². The lowest BCUT2D eigenvalue weighted by Gasteiger charge is -1.96. The Hall–Kier alpha value is -0.650. The van der Waals surface area contributed by atoms with Crippen LogP contribution >= 0.6 is 0 Å². The Bertz CT molecular complexity index is 74.1. The Morgan fingerprint density at radius 2 is 1.60 bits per heavy atom. The van der Waals surface area contributed by atoms with E-state index in [0.29, 0.717) is 0 Å². The highest BCUT2D eigenvalue weighted by Crippen LogP contribution is 1.71. The van der Waals surface area contributed by atoms with Gasteiger partial charge >= 0.3 is 0 Å². The third-order valence-electron chi connectivity index (χ3n) is 0.421. The third-order valence-corrected chi connectivity index (χ3v) is 0.421. The SMILES string of the molecule is CC(=O)O.OCC(O)CO. The predicted molar refractivity (Wildman–Crippen MR) is 33.5 cm³/mol. The van der Waals surface area contributed by atoms with Gasteiger partial charge in [-0.25, -0.2) is 0 Å². The van der Waals surface area contributed by atoms with Crippen molar-refractivity contribution in [2.75, 3.05) is 13.2 Å². The van der Waals surface area contributed by atoms with E-state index in [-0.39, 0.29) is 13.2 Å². The average Bonchev–Trinajstić information content (AvgIpc) is 1.85. The average molecular weight is 152 g/mol. The van der Waals surface area contributed by atoms with Crippen molar-refractivity contribution in [3.05, 3.63) is 0 Å². The van der Waals surface area contributed by atoms with Crippen LogP contribution in [0.1, 0.15) is 6.92 Å². The fourth-order valence-corrected chi connectivity index (χ4v) is 0.0577.